The van der Waals surface area contributed by atoms with Crippen LogP contribution in [-0.2, 0) is 11.3 Å². The number of nitrogens with zero attached hydrogens (tertiary/aromatic N) is 5. The second-order valence-electron chi connectivity index (χ2n) is 7.49. The van der Waals surface area contributed by atoms with Gasteiger partial charge in [0.1, 0.15) is 11.8 Å². The molecule has 1 aromatic carbocycles. The minimum absolute atomic E-state index is 0.122. The van der Waals surface area contributed by atoms with E-state index in [9.17, 15) is 4.79 Å². The molecule has 0 amide bonds. The summed E-state index contributed by atoms with van der Waals surface area (Å²) in [4.78, 5) is 18.5. The van der Waals surface area contributed by atoms with Gasteiger partial charge in [0.25, 0.3) is 5.56 Å². The Labute approximate surface area is 175 Å². The van der Waals surface area contributed by atoms with E-state index in [1.807, 2.05) is 31.2 Å². The van der Waals surface area contributed by atoms with Crippen LogP contribution in [-0.4, -0.2) is 63.5 Å². The van der Waals surface area contributed by atoms with Gasteiger partial charge >= 0.3 is 0 Å². The quantitative estimate of drug-likeness (QED) is 0.605. The van der Waals surface area contributed by atoms with E-state index in [0.29, 0.717) is 31.1 Å². The zero-order valence-corrected chi connectivity index (χ0v) is 17.5. The van der Waals surface area contributed by atoms with Crippen molar-refractivity contribution in [2.75, 3.05) is 33.4 Å². The Balaban J connectivity index is 1.82. The number of aromatic nitrogens is 5. The highest BCUT2D eigenvalue weighted by atomic mass is 16.5. The molecular formula is C21H28N6O3. The molecule has 3 aromatic rings. The number of aromatic amines is 1. The Morgan fingerprint density at radius 3 is 2.80 bits per heavy atom. The van der Waals surface area contributed by atoms with Gasteiger partial charge in [0.2, 0.25) is 0 Å². The maximum absolute atomic E-state index is 13.1. The van der Waals surface area contributed by atoms with E-state index in [-0.39, 0.29) is 11.6 Å². The molecule has 0 bridgehead atoms. The fourth-order valence-corrected chi connectivity index (χ4v) is 4.08. The Morgan fingerprint density at radius 2 is 2.03 bits per heavy atom. The van der Waals surface area contributed by atoms with Crippen molar-refractivity contribution in [3.05, 3.63) is 46.0 Å². The summed E-state index contributed by atoms with van der Waals surface area (Å²) in [6.07, 6.45) is 3.38. The fraction of sp³-hybridized carbons (Fsp3) is 0.524. The van der Waals surface area contributed by atoms with Crippen molar-refractivity contribution in [3.63, 3.8) is 0 Å². The number of H-pyrrole nitrogens is 1. The van der Waals surface area contributed by atoms with Gasteiger partial charge in [-0.3, -0.25) is 9.69 Å². The lowest BCUT2D eigenvalue weighted by atomic mass is 10.0. The SMILES string of the molecule is CCOc1ccc2[nH]c(=O)c([C@H](c3nnnn3CCOC)N3CCCCC3)cc2c1. The molecule has 0 saturated carbocycles. The highest BCUT2D eigenvalue weighted by Gasteiger charge is 2.31. The zero-order valence-electron chi connectivity index (χ0n) is 17.5. The second-order valence-corrected chi connectivity index (χ2v) is 7.49. The summed E-state index contributed by atoms with van der Waals surface area (Å²) < 4.78 is 12.6. The molecule has 1 atom stereocenters. The van der Waals surface area contributed by atoms with Crippen LogP contribution in [0.25, 0.3) is 10.9 Å². The van der Waals surface area contributed by atoms with Gasteiger partial charge in [0.05, 0.1) is 19.8 Å². The molecular weight excluding hydrogens is 384 g/mol. The average molecular weight is 412 g/mol. The molecule has 1 aliphatic heterocycles. The monoisotopic (exact) mass is 412 g/mol. The van der Waals surface area contributed by atoms with Gasteiger partial charge in [-0.15, -0.1) is 5.10 Å². The molecule has 4 rings (SSSR count). The van der Waals surface area contributed by atoms with Crippen molar-refractivity contribution in [3.8, 4) is 5.75 Å². The summed E-state index contributed by atoms with van der Waals surface area (Å²) in [6.45, 7) is 5.37. The first-order valence-electron chi connectivity index (χ1n) is 10.5. The minimum Gasteiger partial charge on any atom is -0.494 e. The van der Waals surface area contributed by atoms with Crippen molar-refractivity contribution in [1.29, 1.82) is 0 Å². The van der Waals surface area contributed by atoms with Gasteiger partial charge in [-0.05, 0) is 67.5 Å². The topological polar surface area (TPSA) is 98.2 Å². The molecule has 2 aromatic heterocycles. The largest absolute Gasteiger partial charge is 0.494 e. The third-order valence-corrected chi connectivity index (χ3v) is 5.52. The Hall–Kier alpha value is -2.78. The van der Waals surface area contributed by atoms with Gasteiger partial charge in [-0.25, -0.2) is 4.68 Å². The normalized spacial score (nSPS) is 16.1. The van der Waals surface area contributed by atoms with Crippen LogP contribution in [0.4, 0.5) is 0 Å². The third kappa shape index (κ3) is 4.22. The van der Waals surface area contributed by atoms with E-state index >= 15 is 0 Å². The third-order valence-electron chi connectivity index (χ3n) is 5.52. The molecule has 0 spiro atoms. The first-order chi connectivity index (χ1) is 14.7. The molecule has 0 radical (unpaired) electrons. The van der Waals surface area contributed by atoms with Crippen molar-refractivity contribution in [1.82, 2.24) is 30.1 Å². The molecule has 9 nitrogen and oxygen atoms in total. The summed E-state index contributed by atoms with van der Waals surface area (Å²) >= 11 is 0. The van der Waals surface area contributed by atoms with Gasteiger partial charge in [0.15, 0.2) is 5.82 Å². The first-order valence-corrected chi connectivity index (χ1v) is 10.5. The molecule has 3 heterocycles. The number of hydrogen-bond donors (Lipinski definition) is 1. The lowest BCUT2D eigenvalue weighted by Gasteiger charge is -2.33. The van der Waals surface area contributed by atoms with Crippen LogP contribution in [0.2, 0.25) is 0 Å². The summed E-state index contributed by atoms with van der Waals surface area (Å²) in [6, 6.07) is 7.34. The predicted molar refractivity (Wildman–Crippen MR) is 113 cm³/mol. The molecule has 1 saturated heterocycles. The molecule has 0 aliphatic carbocycles. The van der Waals surface area contributed by atoms with Gasteiger partial charge in [0, 0.05) is 23.6 Å². The number of methoxy groups -OCH3 is 1. The number of likely N-dealkylation sites (tertiary alicyclic amines) is 1. The smallest absolute Gasteiger partial charge is 0.253 e. The van der Waals surface area contributed by atoms with Crippen molar-refractivity contribution >= 4 is 10.9 Å². The van der Waals surface area contributed by atoms with Crippen LogP contribution in [0.5, 0.6) is 5.75 Å². The summed E-state index contributed by atoms with van der Waals surface area (Å²) in [5, 5.41) is 13.3. The van der Waals surface area contributed by atoms with E-state index in [1.165, 1.54) is 6.42 Å². The van der Waals surface area contributed by atoms with Crippen LogP contribution in [0, 0.1) is 0 Å². The number of benzene rings is 1. The number of pyridine rings is 1. The van der Waals surface area contributed by atoms with Crippen LogP contribution < -0.4 is 10.3 Å². The van der Waals surface area contributed by atoms with Crippen molar-refractivity contribution in [2.45, 2.75) is 38.8 Å². The standard InChI is InChI=1S/C21H28N6O3/c1-3-30-16-7-8-18-15(13-16)14-17(21(28)22-18)19(26-9-5-4-6-10-26)20-23-24-25-27(20)11-12-29-2/h7-8,13-14,19H,3-6,9-12H2,1-2H3,(H,22,28)/t19-/m1/s1. The molecule has 1 aliphatic rings. The first kappa shape index (κ1) is 20.5. The van der Waals surface area contributed by atoms with E-state index in [0.717, 1.165) is 42.6 Å². The lowest BCUT2D eigenvalue weighted by molar-refractivity contribution is 0.163. The lowest BCUT2D eigenvalue weighted by Crippen LogP contribution is -2.38. The highest BCUT2D eigenvalue weighted by molar-refractivity contribution is 5.80. The van der Waals surface area contributed by atoms with Crippen LogP contribution >= 0.6 is 0 Å². The summed E-state index contributed by atoms with van der Waals surface area (Å²) in [5.41, 5.74) is 1.30. The van der Waals surface area contributed by atoms with Crippen LogP contribution in [0.1, 0.15) is 43.6 Å². The number of tetrazole rings is 1. The van der Waals surface area contributed by atoms with Gasteiger partial charge < -0.3 is 14.5 Å². The van der Waals surface area contributed by atoms with E-state index in [2.05, 4.69) is 25.4 Å². The van der Waals surface area contributed by atoms with Crippen LogP contribution in [0.3, 0.4) is 0 Å². The van der Waals surface area contributed by atoms with E-state index in [1.54, 1.807) is 11.8 Å². The molecule has 0 unspecified atom stereocenters. The maximum Gasteiger partial charge on any atom is 0.253 e. The minimum atomic E-state index is -0.318. The number of piperidine rings is 1. The van der Waals surface area contributed by atoms with Crippen LogP contribution in [0.15, 0.2) is 29.1 Å². The van der Waals surface area contributed by atoms with Gasteiger partial charge in [-0.1, -0.05) is 6.42 Å². The second kappa shape index (κ2) is 9.36. The Bertz CT molecular complexity index is 1040. The van der Waals surface area contributed by atoms with Crippen molar-refractivity contribution in [2.24, 2.45) is 0 Å². The Kier molecular flexibility index (Phi) is 6.39. The Morgan fingerprint density at radius 1 is 1.20 bits per heavy atom. The number of rotatable bonds is 8. The van der Waals surface area contributed by atoms with Crippen molar-refractivity contribution < 1.29 is 9.47 Å². The number of ether oxygens (including phenoxy) is 2. The molecule has 9 heteroatoms. The summed E-state index contributed by atoms with van der Waals surface area (Å²) in [7, 11) is 1.65. The molecule has 1 N–H and O–H groups in total. The fourth-order valence-electron chi connectivity index (χ4n) is 4.08. The predicted octanol–water partition coefficient (Wildman–Crippen LogP) is 2.13. The molecule has 160 valence electrons. The zero-order chi connectivity index (χ0) is 20.9. The van der Waals surface area contributed by atoms with E-state index < -0.39 is 0 Å². The molecule has 1 fully saturated rings. The summed E-state index contributed by atoms with van der Waals surface area (Å²) in [5.74, 6) is 1.45. The molecule has 30 heavy (non-hydrogen) atoms. The highest BCUT2D eigenvalue weighted by Crippen LogP contribution is 2.30. The number of hydrogen-bond acceptors (Lipinski definition) is 7. The van der Waals surface area contributed by atoms with Gasteiger partial charge in [-0.2, -0.15) is 0 Å². The van der Waals surface area contributed by atoms with E-state index in [4.69, 9.17) is 9.47 Å². The number of nitrogens with one attached hydrogen (secondary N) is 1. The maximum atomic E-state index is 13.1. The average Bonchev–Trinajstić information content (AvgIpc) is 3.22. The number of fused-ring (bicyclic) bond motifs is 1.